The molecule has 0 N–H and O–H groups in total. The van der Waals surface area contributed by atoms with E-state index < -0.39 is 0 Å². The fraction of sp³-hybridized carbons (Fsp3) is 0.333. The van der Waals surface area contributed by atoms with Crippen LogP contribution >= 0.6 is 0 Å². The molecule has 0 fully saturated rings. The van der Waals surface area contributed by atoms with Crippen LogP contribution in [0.15, 0.2) is 42.0 Å². The first-order chi connectivity index (χ1) is 6.83. The van der Waals surface area contributed by atoms with Crippen molar-refractivity contribution in [2.45, 2.75) is 20.3 Å². The summed E-state index contributed by atoms with van der Waals surface area (Å²) in [7, 11) is 0. The molecule has 0 unspecified atom stereocenters. The van der Waals surface area contributed by atoms with Gasteiger partial charge in [-0.25, -0.2) is 0 Å². The molecule has 1 aromatic rings. The normalized spacial score (nSPS) is 11.7. The molecule has 0 atom stereocenters. The van der Waals surface area contributed by atoms with Gasteiger partial charge in [-0.1, -0.05) is 0 Å². The fourth-order valence-corrected chi connectivity index (χ4v) is 2.44. The summed E-state index contributed by atoms with van der Waals surface area (Å²) in [6, 6.07) is 10.4. The summed E-state index contributed by atoms with van der Waals surface area (Å²) in [5.74, 6) is 0. The maximum atomic E-state index is 5.63. The van der Waals surface area contributed by atoms with Gasteiger partial charge in [-0.05, 0) is 0 Å². The van der Waals surface area contributed by atoms with Gasteiger partial charge < -0.3 is 0 Å². The first-order valence-corrected chi connectivity index (χ1v) is 6.38. The van der Waals surface area contributed by atoms with Crippen molar-refractivity contribution in [3.63, 3.8) is 0 Å². The number of benzene rings is 1. The van der Waals surface area contributed by atoms with E-state index in [1.54, 1.807) is 0 Å². The molecule has 1 nitrogen and oxygen atoms in total. The average Bonchev–Trinajstić information content (AvgIpc) is 2.20. The molecule has 0 aromatic heterocycles. The van der Waals surface area contributed by atoms with Gasteiger partial charge in [-0.15, -0.1) is 0 Å². The van der Waals surface area contributed by atoms with E-state index in [0.29, 0.717) is 0 Å². The second kappa shape index (κ2) is 6.83. The number of hydrogen-bond acceptors (Lipinski definition) is 1. The second-order valence-corrected chi connectivity index (χ2v) is 4.95. The van der Waals surface area contributed by atoms with Gasteiger partial charge in [0.15, 0.2) is 0 Å². The summed E-state index contributed by atoms with van der Waals surface area (Å²) in [5, 5.41) is 0. The number of hydrogen-bond donors (Lipinski definition) is 0. The summed E-state index contributed by atoms with van der Waals surface area (Å²) in [5.41, 5.74) is 1.32. The molecule has 0 heterocycles. The van der Waals surface area contributed by atoms with E-state index in [2.05, 4.69) is 44.2 Å². The van der Waals surface area contributed by atoms with Crippen molar-refractivity contribution in [2.75, 3.05) is 6.61 Å². The second-order valence-electron chi connectivity index (χ2n) is 3.12. The molecule has 76 valence electrons. The predicted molar refractivity (Wildman–Crippen MR) is 61.8 cm³/mol. The molecule has 0 aliphatic heterocycles. The van der Waals surface area contributed by atoms with E-state index in [0.717, 1.165) is 13.0 Å². The SMILES string of the molecule is CC/C=C(\C)CO[Se]c1ccccc1. The molecule has 0 amide bonds. The third-order valence-electron chi connectivity index (χ3n) is 1.74. The van der Waals surface area contributed by atoms with Crippen LogP contribution in [0.4, 0.5) is 0 Å². The van der Waals surface area contributed by atoms with Gasteiger partial charge in [0.05, 0.1) is 0 Å². The Morgan fingerprint density at radius 2 is 2.07 bits per heavy atom. The minimum atomic E-state index is 0.157. The van der Waals surface area contributed by atoms with Crippen LogP contribution in [0.1, 0.15) is 20.3 Å². The quantitative estimate of drug-likeness (QED) is 0.579. The zero-order chi connectivity index (χ0) is 10.2. The summed E-state index contributed by atoms with van der Waals surface area (Å²) >= 11 is 0.157. The van der Waals surface area contributed by atoms with Crippen LogP contribution in [0.25, 0.3) is 0 Å². The Morgan fingerprint density at radius 3 is 2.71 bits per heavy atom. The third-order valence-corrected chi connectivity index (χ3v) is 3.21. The van der Waals surface area contributed by atoms with Gasteiger partial charge in [0.25, 0.3) is 0 Å². The van der Waals surface area contributed by atoms with Gasteiger partial charge in [-0.3, -0.25) is 0 Å². The van der Waals surface area contributed by atoms with Crippen molar-refractivity contribution in [1.82, 2.24) is 0 Å². The van der Waals surface area contributed by atoms with Gasteiger partial charge >= 0.3 is 92.4 Å². The molecular weight excluding hydrogens is 239 g/mol. The van der Waals surface area contributed by atoms with Crippen LogP contribution < -0.4 is 4.46 Å². The van der Waals surface area contributed by atoms with Crippen LogP contribution in [0.5, 0.6) is 0 Å². The van der Waals surface area contributed by atoms with Gasteiger partial charge in [0, 0.05) is 0 Å². The van der Waals surface area contributed by atoms with Gasteiger partial charge in [0.1, 0.15) is 0 Å². The zero-order valence-corrected chi connectivity index (χ0v) is 10.4. The fourth-order valence-electron chi connectivity index (χ4n) is 1.07. The molecule has 0 aliphatic carbocycles. The summed E-state index contributed by atoms with van der Waals surface area (Å²) < 4.78 is 6.92. The first kappa shape index (κ1) is 11.5. The third kappa shape index (κ3) is 4.61. The van der Waals surface area contributed by atoms with Crippen LogP contribution in [0.2, 0.25) is 0 Å². The Balaban J connectivity index is 2.25. The minimum absolute atomic E-state index is 0.157. The predicted octanol–water partition coefficient (Wildman–Crippen LogP) is 2.30. The molecular formula is C12H16OSe. The van der Waals surface area contributed by atoms with E-state index in [1.807, 2.05) is 6.07 Å². The monoisotopic (exact) mass is 256 g/mol. The molecule has 0 saturated carbocycles. The molecule has 14 heavy (non-hydrogen) atoms. The van der Waals surface area contributed by atoms with Crippen molar-refractivity contribution in [2.24, 2.45) is 0 Å². The van der Waals surface area contributed by atoms with Crippen LogP contribution in [0.3, 0.4) is 0 Å². The Labute approximate surface area is 92.7 Å². The Morgan fingerprint density at radius 1 is 1.36 bits per heavy atom. The van der Waals surface area contributed by atoms with Crippen molar-refractivity contribution >= 4 is 19.7 Å². The van der Waals surface area contributed by atoms with Crippen LogP contribution in [-0.2, 0) is 3.82 Å². The van der Waals surface area contributed by atoms with E-state index >= 15 is 0 Å². The van der Waals surface area contributed by atoms with Crippen molar-refractivity contribution in [3.8, 4) is 0 Å². The van der Waals surface area contributed by atoms with Gasteiger partial charge in [-0.2, -0.15) is 0 Å². The van der Waals surface area contributed by atoms with E-state index in [9.17, 15) is 0 Å². The maximum absolute atomic E-state index is 5.63. The Hall–Kier alpha value is -0.561. The molecule has 0 aliphatic rings. The molecule has 0 saturated heterocycles. The molecule has 0 bridgehead atoms. The van der Waals surface area contributed by atoms with Crippen molar-refractivity contribution in [3.05, 3.63) is 42.0 Å². The first-order valence-electron chi connectivity index (χ1n) is 4.83. The van der Waals surface area contributed by atoms with Crippen molar-refractivity contribution < 1.29 is 3.82 Å². The number of rotatable bonds is 5. The van der Waals surface area contributed by atoms with Crippen molar-refractivity contribution in [1.29, 1.82) is 0 Å². The summed E-state index contributed by atoms with van der Waals surface area (Å²) in [6.07, 6.45) is 3.30. The van der Waals surface area contributed by atoms with E-state index in [4.69, 9.17) is 3.82 Å². The summed E-state index contributed by atoms with van der Waals surface area (Å²) in [6.45, 7) is 5.03. The van der Waals surface area contributed by atoms with Crippen LogP contribution in [0, 0.1) is 0 Å². The van der Waals surface area contributed by atoms with Crippen LogP contribution in [-0.4, -0.2) is 21.9 Å². The van der Waals surface area contributed by atoms with Gasteiger partial charge in [0.2, 0.25) is 0 Å². The molecule has 0 spiro atoms. The van der Waals surface area contributed by atoms with E-state index in [-0.39, 0.29) is 15.3 Å². The average molecular weight is 255 g/mol. The molecule has 0 radical (unpaired) electrons. The Kier molecular flexibility index (Phi) is 5.62. The summed E-state index contributed by atoms with van der Waals surface area (Å²) in [4.78, 5) is 0. The Bertz CT molecular complexity index is 280. The molecule has 2 heteroatoms. The molecule has 1 aromatic carbocycles. The van der Waals surface area contributed by atoms with E-state index in [1.165, 1.54) is 10.0 Å². The topological polar surface area (TPSA) is 9.23 Å². The molecule has 1 rings (SSSR count). The number of allylic oxidation sites excluding steroid dienone is 1. The zero-order valence-electron chi connectivity index (χ0n) is 8.69. The standard InChI is InChI=1S/C12H16OSe/c1-3-7-11(2)10-13-14-12-8-5-4-6-9-12/h4-9H,3,10H2,1-2H3/b11-7+.